The Morgan fingerprint density at radius 3 is 2.33 bits per heavy atom. The first-order chi connectivity index (χ1) is 6.75. The van der Waals surface area contributed by atoms with Gasteiger partial charge in [-0.25, -0.2) is 0 Å². The van der Waals surface area contributed by atoms with Gasteiger partial charge in [0, 0.05) is 5.41 Å². The zero-order valence-corrected chi connectivity index (χ0v) is 9.29. The summed E-state index contributed by atoms with van der Waals surface area (Å²) in [5, 5.41) is 8.91. The van der Waals surface area contributed by atoms with Crippen LogP contribution in [0.5, 0.6) is 0 Å². The van der Waals surface area contributed by atoms with Crippen LogP contribution in [0.3, 0.4) is 0 Å². The molecule has 0 radical (unpaired) electrons. The number of carbonyl (C=O) groups is 2. The van der Waals surface area contributed by atoms with Gasteiger partial charge in [0.2, 0.25) is 0 Å². The Bertz CT molecular complexity index is 346. The molecule has 1 aliphatic carbocycles. The number of aliphatic carboxylic acids is 1. The smallest absolute Gasteiger partial charge is 0.313 e. The molecule has 0 aromatic heterocycles. The average Bonchev–Trinajstić information content (AvgIpc) is 2.32. The van der Waals surface area contributed by atoms with Crippen LogP contribution in [0.2, 0.25) is 0 Å². The van der Waals surface area contributed by atoms with Crippen LogP contribution in [0.4, 0.5) is 0 Å². The van der Waals surface area contributed by atoms with Crippen molar-refractivity contribution in [1.82, 2.24) is 0 Å². The quantitative estimate of drug-likeness (QED) is 0.706. The third kappa shape index (κ3) is 0.971. The molecule has 0 unspecified atom stereocenters. The van der Waals surface area contributed by atoms with Gasteiger partial charge in [0.15, 0.2) is 0 Å². The predicted molar refractivity (Wildman–Crippen MR) is 52.2 cm³/mol. The van der Waals surface area contributed by atoms with E-state index in [4.69, 9.17) is 9.84 Å². The SMILES string of the molecule is CC1(C)[C@@]2(CC(=O)O)CC[C@@]1(C)OC2=O. The minimum absolute atomic E-state index is 0.117. The normalized spacial score (nSPS) is 41.7. The molecular formula is C11H16O4. The van der Waals surface area contributed by atoms with Gasteiger partial charge in [-0.15, -0.1) is 0 Å². The number of hydrogen-bond donors (Lipinski definition) is 1. The fourth-order valence-corrected chi connectivity index (χ4v) is 3.06. The van der Waals surface area contributed by atoms with E-state index in [2.05, 4.69) is 0 Å². The van der Waals surface area contributed by atoms with E-state index in [0.717, 1.165) is 6.42 Å². The van der Waals surface area contributed by atoms with Crippen LogP contribution in [-0.2, 0) is 14.3 Å². The van der Waals surface area contributed by atoms with E-state index in [9.17, 15) is 9.59 Å². The fraction of sp³-hybridized carbons (Fsp3) is 0.818. The second-order valence-corrected chi connectivity index (χ2v) is 5.40. The maximum Gasteiger partial charge on any atom is 0.313 e. The number of fused-ring (bicyclic) bond motifs is 2. The van der Waals surface area contributed by atoms with Crippen molar-refractivity contribution in [1.29, 1.82) is 0 Å². The van der Waals surface area contributed by atoms with Gasteiger partial charge in [-0.3, -0.25) is 9.59 Å². The summed E-state index contributed by atoms with van der Waals surface area (Å²) in [6.45, 7) is 5.78. The molecule has 1 heterocycles. The third-order valence-electron chi connectivity index (χ3n) is 4.71. The minimum atomic E-state index is -0.925. The van der Waals surface area contributed by atoms with Crippen LogP contribution < -0.4 is 0 Å². The summed E-state index contributed by atoms with van der Waals surface area (Å²) in [5.41, 5.74) is -1.69. The molecule has 1 aliphatic heterocycles. The van der Waals surface area contributed by atoms with E-state index in [1.807, 2.05) is 20.8 Å². The second kappa shape index (κ2) is 2.54. The molecule has 2 fully saturated rings. The molecule has 0 spiro atoms. The Kier molecular flexibility index (Phi) is 1.77. The summed E-state index contributed by atoms with van der Waals surface area (Å²) >= 11 is 0. The van der Waals surface area contributed by atoms with Gasteiger partial charge >= 0.3 is 11.9 Å². The van der Waals surface area contributed by atoms with Crippen LogP contribution in [0.1, 0.15) is 40.0 Å². The molecule has 1 saturated carbocycles. The van der Waals surface area contributed by atoms with Crippen LogP contribution in [0, 0.1) is 10.8 Å². The first-order valence-electron chi connectivity index (χ1n) is 5.20. The van der Waals surface area contributed by atoms with Crippen LogP contribution in [-0.4, -0.2) is 22.6 Å². The molecule has 2 bridgehead atoms. The summed E-state index contributed by atoms with van der Waals surface area (Å²) in [5.74, 6) is -1.25. The van der Waals surface area contributed by atoms with Crippen molar-refractivity contribution in [3.05, 3.63) is 0 Å². The minimum Gasteiger partial charge on any atom is -0.481 e. The van der Waals surface area contributed by atoms with Crippen molar-refractivity contribution in [2.45, 2.75) is 45.6 Å². The highest BCUT2D eigenvalue weighted by Gasteiger charge is 2.73. The zero-order chi connectivity index (χ0) is 11.5. The van der Waals surface area contributed by atoms with Crippen molar-refractivity contribution in [3.63, 3.8) is 0 Å². The molecule has 0 amide bonds. The first-order valence-corrected chi connectivity index (χ1v) is 5.20. The number of carboxylic acid groups (broad SMARTS) is 1. The first kappa shape index (κ1) is 10.5. The van der Waals surface area contributed by atoms with Crippen molar-refractivity contribution < 1.29 is 19.4 Å². The molecule has 15 heavy (non-hydrogen) atoms. The fourth-order valence-electron chi connectivity index (χ4n) is 3.06. The molecule has 2 atom stereocenters. The third-order valence-corrected chi connectivity index (χ3v) is 4.71. The molecule has 2 rings (SSSR count). The molecule has 4 heteroatoms. The Hall–Kier alpha value is -1.06. The highest BCUT2D eigenvalue weighted by molar-refractivity contribution is 5.87. The Morgan fingerprint density at radius 2 is 2.00 bits per heavy atom. The van der Waals surface area contributed by atoms with Gasteiger partial charge in [-0.2, -0.15) is 0 Å². The highest BCUT2D eigenvalue weighted by atomic mass is 16.6. The Morgan fingerprint density at radius 1 is 1.40 bits per heavy atom. The number of esters is 1. The van der Waals surface area contributed by atoms with E-state index in [0.29, 0.717) is 6.42 Å². The van der Waals surface area contributed by atoms with Crippen LogP contribution >= 0.6 is 0 Å². The zero-order valence-electron chi connectivity index (χ0n) is 9.29. The van der Waals surface area contributed by atoms with Crippen molar-refractivity contribution in [3.8, 4) is 0 Å². The topological polar surface area (TPSA) is 63.6 Å². The predicted octanol–water partition coefficient (Wildman–Crippen LogP) is 1.58. The monoisotopic (exact) mass is 212 g/mol. The van der Waals surface area contributed by atoms with Gasteiger partial charge in [0.25, 0.3) is 0 Å². The lowest BCUT2D eigenvalue weighted by Crippen LogP contribution is -2.41. The summed E-state index contributed by atoms with van der Waals surface area (Å²) in [6.07, 6.45) is 1.27. The Balaban J connectivity index is 2.47. The van der Waals surface area contributed by atoms with Gasteiger partial charge in [-0.1, -0.05) is 13.8 Å². The molecule has 84 valence electrons. The molecule has 1 saturated heterocycles. The molecule has 0 aromatic carbocycles. The number of hydrogen-bond acceptors (Lipinski definition) is 3. The number of carboxylic acids is 1. The molecule has 0 aromatic rings. The van der Waals surface area contributed by atoms with Gasteiger partial charge in [0.05, 0.1) is 11.8 Å². The molecule has 2 aliphatic rings. The number of rotatable bonds is 2. The number of ether oxygens (including phenoxy) is 1. The summed E-state index contributed by atoms with van der Waals surface area (Å²) in [4.78, 5) is 22.7. The van der Waals surface area contributed by atoms with Gasteiger partial charge in [-0.05, 0) is 19.8 Å². The van der Waals surface area contributed by atoms with E-state index in [-0.39, 0.29) is 12.4 Å². The summed E-state index contributed by atoms with van der Waals surface area (Å²) < 4.78 is 5.36. The van der Waals surface area contributed by atoms with Crippen molar-refractivity contribution >= 4 is 11.9 Å². The van der Waals surface area contributed by atoms with E-state index >= 15 is 0 Å². The van der Waals surface area contributed by atoms with E-state index in [1.165, 1.54) is 0 Å². The Labute approximate surface area is 88.6 Å². The van der Waals surface area contributed by atoms with Gasteiger partial charge in [0.1, 0.15) is 5.60 Å². The van der Waals surface area contributed by atoms with Crippen LogP contribution in [0.25, 0.3) is 0 Å². The largest absolute Gasteiger partial charge is 0.481 e. The average molecular weight is 212 g/mol. The summed E-state index contributed by atoms with van der Waals surface area (Å²) in [7, 11) is 0. The summed E-state index contributed by atoms with van der Waals surface area (Å²) in [6, 6.07) is 0. The molecular weight excluding hydrogens is 196 g/mol. The lowest BCUT2D eigenvalue weighted by molar-refractivity contribution is -0.162. The molecule has 1 N–H and O–H groups in total. The maximum absolute atomic E-state index is 11.8. The van der Waals surface area contributed by atoms with Gasteiger partial charge < -0.3 is 9.84 Å². The van der Waals surface area contributed by atoms with Crippen molar-refractivity contribution in [2.75, 3.05) is 0 Å². The maximum atomic E-state index is 11.8. The van der Waals surface area contributed by atoms with E-state index in [1.54, 1.807) is 0 Å². The molecule has 4 nitrogen and oxygen atoms in total. The lowest BCUT2D eigenvalue weighted by atomic mass is 9.64. The van der Waals surface area contributed by atoms with Crippen LogP contribution in [0.15, 0.2) is 0 Å². The van der Waals surface area contributed by atoms with E-state index < -0.39 is 22.4 Å². The number of carbonyl (C=O) groups excluding carboxylic acids is 1. The lowest BCUT2D eigenvalue weighted by Gasteiger charge is -2.34. The second-order valence-electron chi connectivity index (χ2n) is 5.40. The highest BCUT2D eigenvalue weighted by Crippen LogP contribution is 2.66. The standard InChI is InChI=1S/C11H16O4/c1-9(2)10(3)4-5-11(9,6-7(12)13)8(14)15-10/h4-6H2,1-3H3,(H,12,13)/t10-,11-/m1/s1. The van der Waals surface area contributed by atoms with Crippen molar-refractivity contribution in [2.24, 2.45) is 10.8 Å².